The Morgan fingerprint density at radius 1 is 0.889 bits per heavy atom. The molecular weight excluding hydrogens is 372 g/mol. The number of thiazole rings is 2. The van der Waals surface area contributed by atoms with Crippen molar-refractivity contribution in [2.45, 2.75) is 20.0 Å². The van der Waals surface area contributed by atoms with Crippen LogP contribution in [0.3, 0.4) is 0 Å². The number of hydrogen-bond donors (Lipinski definition) is 2. The summed E-state index contributed by atoms with van der Waals surface area (Å²) in [6.45, 7) is 3.61. The lowest BCUT2D eigenvalue weighted by Gasteiger charge is -2.02. The molecule has 0 saturated carbocycles. The van der Waals surface area contributed by atoms with Gasteiger partial charge in [-0.25, -0.2) is 9.97 Å². The summed E-state index contributed by atoms with van der Waals surface area (Å²) >= 11 is 3.30. The third-order valence-corrected chi connectivity index (χ3v) is 5.86. The van der Waals surface area contributed by atoms with Gasteiger partial charge >= 0.3 is 0 Å². The summed E-state index contributed by atoms with van der Waals surface area (Å²) < 4.78 is 0. The summed E-state index contributed by atoms with van der Waals surface area (Å²) in [6.07, 6.45) is 1.92. The lowest BCUT2D eigenvalue weighted by Crippen LogP contribution is -1.98. The van der Waals surface area contributed by atoms with Gasteiger partial charge in [-0.3, -0.25) is 0 Å². The number of aromatic nitrogens is 2. The monoisotopic (exact) mass is 392 g/mol. The van der Waals surface area contributed by atoms with Crippen LogP contribution < -0.4 is 10.6 Å². The van der Waals surface area contributed by atoms with Crippen LogP contribution in [0.1, 0.15) is 16.0 Å². The summed E-state index contributed by atoms with van der Waals surface area (Å²) in [7, 11) is 0. The molecule has 0 atom stereocenters. The fraction of sp³-hybridized carbons (Fsp3) is 0.143. The third kappa shape index (κ3) is 4.72. The number of nitrogens with zero attached hydrogens (tertiary/aromatic N) is 2. The molecule has 2 heterocycles. The van der Waals surface area contributed by atoms with Gasteiger partial charge in [0.1, 0.15) is 0 Å². The number of nitrogens with one attached hydrogen (secondary N) is 2. The highest BCUT2D eigenvalue weighted by molar-refractivity contribution is 7.15. The Morgan fingerprint density at radius 2 is 1.67 bits per heavy atom. The van der Waals surface area contributed by atoms with E-state index in [9.17, 15) is 0 Å². The minimum Gasteiger partial charge on any atom is -0.357 e. The first-order chi connectivity index (χ1) is 13.3. The molecule has 0 saturated heterocycles. The van der Waals surface area contributed by atoms with Crippen molar-refractivity contribution in [2.75, 3.05) is 10.6 Å². The number of aryl methyl sites for hydroxylation is 1. The van der Waals surface area contributed by atoms with Crippen molar-refractivity contribution in [3.8, 4) is 11.3 Å². The number of hydrogen-bond acceptors (Lipinski definition) is 6. The van der Waals surface area contributed by atoms with Crippen LogP contribution in [0.15, 0.2) is 66.2 Å². The lowest BCUT2D eigenvalue weighted by atomic mass is 10.1. The maximum Gasteiger partial charge on any atom is 0.183 e. The minimum atomic E-state index is 0.728. The van der Waals surface area contributed by atoms with E-state index in [4.69, 9.17) is 0 Å². The fourth-order valence-electron chi connectivity index (χ4n) is 2.62. The molecule has 6 heteroatoms. The summed E-state index contributed by atoms with van der Waals surface area (Å²) in [6, 6.07) is 18.8. The molecule has 0 bridgehead atoms. The minimum absolute atomic E-state index is 0.728. The van der Waals surface area contributed by atoms with Crippen LogP contribution in [0.2, 0.25) is 0 Å². The molecule has 4 nitrogen and oxygen atoms in total. The van der Waals surface area contributed by atoms with Gasteiger partial charge in [-0.05, 0) is 12.5 Å². The molecule has 0 spiro atoms. The molecule has 0 aliphatic rings. The van der Waals surface area contributed by atoms with Gasteiger partial charge in [0.25, 0.3) is 0 Å². The van der Waals surface area contributed by atoms with Crippen LogP contribution in [0.25, 0.3) is 11.3 Å². The SMILES string of the molecule is Cc1ccc(-c2csc(NCc3cnc(NCc4ccccc4)s3)n2)cc1. The summed E-state index contributed by atoms with van der Waals surface area (Å²) in [5.74, 6) is 0. The molecule has 0 amide bonds. The zero-order valence-electron chi connectivity index (χ0n) is 15.0. The summed E-state index contributed by atoms with van der Waals surface area (Å²) in [5.41, 5.74) is 4.67. The molecule has 0 unspecified atom stereocenters. The van der Waals surface area contributed by atoms with Crippen molar-refractivity contribution >= 4 is 32.9 Å². The average Bonchev–Trinajstić information content (AvgIpc) is 3.36. The Balaban J connectivity index is 1.32. The van der Waals surface area contributed by atoms with E-state index in [2.05, 4.69) is 69.3 Å². The fourth-order valence-corrected chi connectivity index (χ4v) is 4.09. The summed E-state index contributed by atoms with van der Waals surface area (Å²) in [4.78, 5) is 10.3. The van der Waals surface area contributed by atoms with Crippen LogP contribution in [0, 0.1) is 6.92 Å². The lowest BCUT2D eigenvalue weighted by molar-refractivity contribution is 1.13. The van der Waals surface area contributed by atoms with E-state index in [1.807, 2.05) is 24.4 Å². The largest absolute Gasteiger partial charge is 0.357 e. The van der Waals surface area contributed by atoms with Crippen LogP contribution in [0.5, 0.6) is 0 Å². The van der Waals surface area contributed by atoms with Gasteiger partial charge in [0.05, 0.1) is 12.2 Å². The zero-order chi connectivity index (χ0) is 18.5. The van der Waals surface area contributed by atoms with Crippen LogP contribution in [0.4, 0.5) is 10.3 Å². The molecule has 27 heavy (non-hydrogen) atoms. The van der Waals surface area contributed by atoms with Gasteiger partial charge in [0, 0.05) is 28.6 Å². The van der Waals surface area contributed by atoms with Crippen molar-refractivity contribution in [2.24, 2.45) is 0 Å². The normalized spacial score (nSPS) is 10.7. The van der Waals surface area contributed by atoms with Crippen molar-refractivity contribution in [1.82, 2.24) is 9.97 Å². The van der Waals surface area contributed by atoms with Gasteiger partial charge in [-0.15, -0.1) is 22.7 Å². The smallest absolute Gasteiger partial charge is 0.183 e. The second kappa shape index (κ2) is 8.33. The van der Waals surface area contributed by atoms with Gasteiger partial charge in [0.15, 0.2) is 10.3 Å². The van der Waals surface area contributed by atoms with Gasteiger partial charge in [0.2, 0.25) is 0 Å². The first-order valence-corrected chi connectivity index (χ1v) is 10.4. The molecule has 2 aromatic heterocycles. The molecule has 0 aliphatic carbocycles. The van der Waals surface area contributed by atoms with E-state index in [0.29, 0.717) is 0 Å². The standard InChI is InChI=1S/C21H20N4S2/c1-15-7-9-17(10-8-15)19-14-26-21(25-19)24-13-18-12-23-20(27-18)22-11-16-5-3-2-4-6-16/h2-10,12,14H,11,13H2,1H3,(H,22,23)(H,24,25). The van der Waals surface area contributed by atoms with Crippen molar-refractivity contribution in [3.05, 3.63) is 82.2 Å². The first kappa shape index (κ1) is 17.7. The molecule has 136 valence electrons. The van der Waals surface area contributed by atoms with Crippen LogP contribution in [-0.4, -0.2) is 9.97 Å². The molecule has 0 radical (unpaired) electrons. The number of rotatable bonds is 7. The van der Waals surface area contributed by atoms with E-state index >= 15 is 0 Å². The Hall–Kier alpha value is -2.70. The van der Waals surface area contributed by atoms with E-state index in [1.165, 1.54) is 16.0 Å². The molecule has 4 aromatic rings. The van der Waals surface area contributed by atoms with E-state index in [1.54, 1.807) is 22.7 Å². The Morgan fingerprint density at radius 3 is 2.48 bits per heavy atom. The molecule has 2 aromatic carbocycles. The van der Waals surface area contributed by atoms with Gasteiger partial charge in [-0.1, -0.05) is 60.2 Å². The van der Waals surface area contributed by atoms with E-state index in [0.717, 1.165) is 34.6 Å². The number of benzene rings is 2. The molecule has 4 rings (SSSR count). The second-order valence-electron chi connectivity index (χ2n) is 6.23. The average molecular weight is 393 g/mol. The molecule has 0 aliphatic heterocycles. The van der Waals surface area contributed by atoms with E-state index in [-0.39, 0.29) is 0 Å². The maximum atomic E-state index is 4.68. The van der Waals surface area contributed by atoms with E-state index < -0.39 is 0 Å². The second-order valence-corrected chi connectivity index (χ2v) is 8.20. The molecular formula is C21H20N4S2. The third-order valence-electron chi connectivity index (χ3n) is 4.11. The highest BCUT2D eigenvalue weighted by Gasteiger charge is 2.06. The first-order valence-electron chi connectivity index (χ1n) is 8.75. The zero-order valence-corrected chi connectivity index (χ0v) is 16.6. The van der Waals surface area contributed by atoms with Crippen molar-refractivity contribution in [3.63, 3.8) is 0 Å². The quantitative estimate of drug-likeness (QED) is 0.417. The highest BCUT2D eigenvalue weighted by atomic mass is 32.1. The van der Waals surface area contributed by atoms with Crippen molar-refractivity contribution < 1.29 is 0 Å². The van der Waals surface area contributed by atoms with Crippen molar-refractivity contribution in [1.29, 1.82) is 0 Å². The Labute approximate surface area is 167 Å². The molecule has 0 fully saturated rings. The number of anilines is 2. The molecule has 2 N–H and O–H groups in total. The Kier molecular flexibility index (Phi) is 5.46. The predicted octanol–water partition coefficient (Wildman–Crippen LogP) is 5.80. The van der Waals surface area contributed by atoms with Gasteiger partial charge < -0.3 is 10.6 Å². The predicted molar refractivity (Wildman–Crippen MR) is 115 cm³/mol. The van der Waals surface area contributed by atoms with Crippen LogP contribution >= 0.6 is 22.7 Å². The summed E-state index contributed by atoms with van der Waals surface area (Å²) in [5, 5.41) is 10.7. The topological polar surface area (TPSA) is 49.8 Å². The highest BCUT2D eigenvalue weighted by Crippen LogP contribution is 2.26. The van der Waals surface area contributed by atoms with Crippen LogP contribution in [-0.2, 0) is 13.1 Å². The van der Waals surface area contributed by atoms with Gasteiger partial charge in [-0.2, -0.15) is 0 Å². The maximum absolute atomic E-state index is 4.68. The Bertz CT molecular complexity index is 990.